The number of thiophene rings is 1. The van der Waals surface area contributed by atoms with Crippen LogP contribution in [0.3, 0.4) is 0 Å². The number of esters is 1. The maximum atomic E-state index is 12.6. The molecule has 0 bridgehead atoms. The number of methoxy groups -OCH3 is 1. The van der Waals surface area contributed by atoms with Crippen molar-refractivity contribution in [1.29, 1.82) is 0 Å². The van der Waals surface area contributed by atoms with E-state index >= 15 is 0 Å². The van der Waals surface area contributed by atoms with Crippen LogP contribution in [0.4, 0.5) is 0 Å². The molecule has 0 N–H and O–H groups in total. The Hall–Kier alpha value is -2.06. The Kier molecular flexibility index (Phi) is 5.27. The zero-order chi connectivity index (χ0) is 17.1. The van der Waals surface area contributed by atoms with Crippen LogP contribution in [0.1, 0.15) is 35.1 Å². The summed E-state index contributed by atoms with van der Waals surface area (Å²) in [6, 6.07) is -0.601. The molecule has 2 heterocycles. The molecular formula is C15H18N2O5S. The van der Waals surface area contributed by atoms with Gasteiger partial charge in [0.15, 0.2) is 5.78 Å². The number of carbonyl (C=O) groups excluding carboxylic acids is 2. The first-order chi connectivity index (χ1) is 10.9. The monoisotopic (exact) mass is 338 g/mol. The van der Waals surface area contributed by atoms with Crippen molar-refractivity contribution in [1.82, 2.24) is 9.55 Å². The number of ketones is 1. The second-order valence-electron chi connectivity index (χ2n) is 5.11. The molecule has 0 saturated heterocycles. The normalized spacial score (nSPS) is 12.3. The minimum absolute atomic E-state index is 0.139. The lowest BCUT2D eigenvalue weighted by Gasteiger charge is -2.10. The molecule has 0 aromatic carbocycles. The molecule has 124 valence electrons. The largest absolute Gasteiger partial charge is 0.459 e. The lowest BCUT2D eigenvalue weighted by atomic mass is 10.2. The van der Waals surface area contributed by atoms with Crippen LogP contribution in [-0.2, 0) is 14.3 Å². The van der Waals surface area contributed by atoms with Crippen molar-refractivity contribution in [2.45, 2.75) is 26.8 Å². The van der Waals surface area contributed by atoms with E-state index in [4.69, 9.17) is 9.47 Å². The second kappa shape index (κ2) is 7.01. The van der Waals surface area contributed by atoms with Gasteiger partial charge >= 0.3 is 5.97 Å². The number of aryl methyl sites for hydroxylation is 1. The number of nitrogens with zero attached hydrogens (tertiary/aromatic N) is 2. The van der Waals surface area contributed by atoms with E-state index in [-0.39, 0.29) is 17.9 Å². The van der Waals surface area contributed by atoms with E-state index in [1.165, 1.54) is 24.9 Å². The van der Waals surface area contributed by atoms with E-state index in [0.29, 0.717) is 27.3 Å². The predicted octanol–water partition coefficient (Wildman–Crippen LogP) is 1.72. The lowest BCUT2D eigenvalue weighted by molar-refractivity contribution is -0.119. The van der Waals surface area contributed by atoms with E-state index in [9.17, 15) is 14.4 Å². The highest BCUT2D eigenvalue weighted by atomic mass is 32.1. The molecule has 2 aromatic rings. The van der Waals surface area contributed by atoms with Crippen molar-refractivity contribution in [3.8, 4) is 0 Å². The molecule has 0 spiro atoms. The van der Waals surface area contributed by atoms with Crippen LogP contribution in [0.2, 0.25) is 0 Å². The minimum atomic E-state index is -0.601. The summed E-state index contributed by atoms with van der Waals surface area (Å²) >= 11 is 1.11. The Bertz CT molecular complexity index is 808. The molecule has 1 atom stereocenters. The first-order valence-corrected chi connectivity index (χ1v) is 7.86. The number of hydrogen-bond acceptors (Lipinski definition) is 7. The molecule has 7 nitrogen and oxygen atoms in total. The van der Waals surface area contributed by atoms with Crippen molar-refractivity contribution in [2.24, 2.45) is 0 Å². The van der Waals surface area contributed by atoms with Gasteiger partial charge in [-0.05, 0) is 26.3 Å². The zero-order valence-electron chi connectivity index (χ0n) is 13.4. The average Bonchev–Trinajstić information content (AvgIpc) is 2.85. The van der Waals surface area contributed by atoms with E-state index in [1.807, 2.05) is 0 Å². The maximum absolute atomic E-state index is 12.6. The van der Waals surface area contributed by atoms with Gasteiger partial charge in [-0.1, -0.05) is 0 Å². The van der Waals surface area contributed by atoms with Gasteiger partial charge in [-0.15, -0.1) is 11.3 Å². The zero-order valence-corrected chi connectivity index (χ0v) is 14.2. The van der Waals surface area contributed by atoms with Crippen molar-refractivity contribution in [2.75, 3.05) is 20.3 Å². The van der Waals surface area contributed by atoms with Crippen molar-refractivity contribution in [3.63, 3.8) is 0 Å². The van der Waals surface area contributed by atoms with Crippen LogP contribution >= 0.6 is 11.3 Å². The minimum Gasteiger partial charge on any atom is -0.459 e. The summed E-state index contributed by atoms with van der Waals surface area (Å²) in [5, 5.41) is 0.351. The Morgan fingerprint density at radius 1 is 1.39 bits per heavy atom. The average molecular weight is 338 g/mol. The number of fused-ring (bicyclic) bond motifs is 1. The summed E-state index contributed by atoms with van der Waals surface area (Å²) in [5.74, 6) is -0.645. The van der Waals surface area contributed by atoms with Gasteiger partial charge in [0, 0.05) is 7.11 Å². The topological polar surface area (TPSA) is 87.5 Å². The van der Waals surface area contributed by atoms with Crippen molar-refractivity contribution >= 4 is 33.3 Å². The summed E-state index contributed by atoms with van der Waals surface area (Å²) in [5.41, 5.74) is 0.192. The van der Waals surface area contributed by atoms with Crippen LogP contribution in [0.15, 0.2) is 11.1 Å². The van der Waals surface area contributed by atoms with Crippen molar-refractivity contribution < 1.29 is 19.1 Å². The van der Waals surface area contributed by atoms with E-state index in [2.05, 4.69) is 4.98 Å². The smallest absolute Gasteiger partial charge is 0.348 e. The summed E-state index contributed by atoms with van der Waals surface area (Å²) in [4.78, 5) is 41.2. The van der Waals surface area contributed by atoms with Crippen LogP contribution in [-0.4, -0.2) is 41.6 Å². The highest BCUT2D eigenvalue weighted by Gasteiger charge is 2.22. The maximum Gasteiger partial charge on any atom is 0.348 e. The fourth-order valence-electron chi connectivity index (χ4n) is 2.09. The Morgan fingerprint density at radius 2 is 2.09 bits per heavy atom. The van der Waals surface area contributed by atoms with Gasteiger partial charge in [0.1, 0.15) is 16.3 Å². The summed E-state index contributed by atoms with van der Waals surface area (Å²) in [6.45, 7) is 5.18. The number of ether oxygens (including phenoxy) is 2. The van der Waals surface area contributed by atoms with E-state index in [1.54, 1.807) is 13.8 Å². The molecular weight excluding hydrogens is 320 g/mol. The van der Waals surface area contributed by atoms with Gasteiger partial charge in [0.2, 0.25) is 0 Å². The first kappa shape index (κ1) is 17.3. The number of carbonyl (C=O) groups is 2. The first-order valence-electron chi connectivity index (χ1n) is 7.05. The Labute approximate surface area is 136 Å². The Morgan fingerprint density at radius 3 is 2.70 bits per heavy atom. The molecule has 0 aliphatic heterocycles. The lowest BCUT2D eigenvalue weighted by Crippen LogP contribution is -2.27. The SMILES string of the molecule is COCCOC(=O)c1sc2ncn(C(C)C(C)=O)c(=O)c2c1C. The molecule has 2 aromatic heterocycles. The van der Waals surface area contributed by atoms with E-state index in [0.717, 1.165) is 11.3 Å². The fourth-order valence-corrected chi connectivity index (χ4v) is 3.12. The highest BCUT2D eigenvalue weighted by Crippen LogP contribution is 2.27. The summed E-state index contributed by atoms with van der Waals surface area (Å²) in [6.07, 6.45) is 1.34. The standard InChI is InChI=1S/C15H18N2O5S/c1-8-11-13(23-12(8)15(20)22-6-5-21-4)16-7-17(14(11)19)9(2)10(3)18/h7,9H,5-6H2,1-4H3. The van der Waals surface area contributed by atoms with Gasteiger partial charge in [0.05, 0.1) is 24.4 Å². The highest BCUT2D eigenvalue weighted by molar-refractivity contribution is 7.20. The number of Topliss-reactive ketones (excluding diaryl/α,β-unsaturated/α-hetero) is 1. The molecule has 0 aliphatic carbocycles. The molecule has 0 fully saturated rings. The third kappa shape index (κ3) is 3.32. The van der Waals surface area contributed by atoms with Crippen LogP contribution < -0.4 is 5.56 Å². The van der Waals surface area contributed by atoms with Gasteiger partial charge in [-0.2, -0.15) is 0 Å². The number of hydrogen-bond donors (Lipinski definition) is 0. The molecule has 2 rings (SSSR count). The molecule has 0 saturated carbocycles. The van der Waals surface area contributed by atoms with Gasteiger partial charge in [0.25, 0.3) is 5.56 Å². The molecule has 0 amide bonds. The van der Waals surface area contributed by atoms with Gasteiger partial charge in [-0.25, -0.2) is 9.78 Å². The Balaban J connectivity index is 2.47. The van der Waals surface area contributed by atoms with Crippen LogP contribution in [0.5, 0.6) is 0 Å². The van der Waals surface area contributed by atoms with Crippen LogP contribution in [0.25, 0.3) is 10.2 Å². The fraction of sp³-hybridized carbons (Fsp3) is 0.467. The third-order valence-corrected chi connectivity index (χ3v) is 4.77. The van der Waals surface area contributed by atoms with Gasteiger partial charge < -0.3 is 9.47 Å². The van der Waals surface area contributed by atoms with Gasteiger partial charge in [-0.3, -0.25) is 14.2 Å². The summed E-state index contributed by atoms with van der Waals surface area (Å²) in [7, 11) is 1.51. The third-order valence-electron chi connectivity index (χ3n) is 3.59. The molecule has 1 unspecified atom stereocenters. The molecule has 23 heavy (non-hydrogen) atoms. The second-order valence-corrected chi connectivity index (χ2v) is 6.11. The number of rotatable bonds is 6. The van der Waals surface area contributed by atoms with Crippen molar-refractivity contribution in [3.05, 3.63) is 27.1 Å². The molecule has 0 radical (unpaired) electrons. The summed E-state index contributed by atoms with van der Waals surface area (Å²) < 4.78 is 11.2. The number of aromatic nitrogens is 2. The predicted molar refractivity (Wildman–Crippen MR) is 86.2 cm³/mol. The van der Waals surface area contributed by atoms with Crippen LogP contribution in [0, 0.1) is 6.92 Å². The molecule has 8 heteroatoms. The van der Waals surface area contributed by atoms with E-state index < -0.39 is 12.0 Å². The quantitative estimate of drug-likeness (QED) is 0.589. The molecule has 0 aliphatic rings.